The molecule has 3 unspecified atom stereocenters. The van der Waals surface area contributed by atoms with Crippen LogP contribution in [0.15, 0.2) is 24.3 Å². The standard InChI is InChI=1S/C65H129N2O6P/c1-6-8-10-12-14-16-18-20-22-24-26-28-29-30-31-32-33-34-35-36-37-39-41-43-45-47-49-51-53-55-57-59-65(69)66-63(62-73-74(70,71)72-61-60-67(3,4)5)64(68)58-56-54-52-50-48-46-44-42-40-38-27-25-23-21-19-17-15-13-11-9-7-2/h48,50,56,58,63-64,68H,6-47,49,51-55,57,59-62H2,1-5H3,(H-,66,69,70,71)/p+1/b50-48+,58-56+. The predicted octanol–water partition coefficient (Wildman–Crippen LogP) is 20.3. The fraction of sp³-hybridized carbons (Fsp3) is 0.923. The molecule has 0 bridgehead atoms. The number of unbranched alkanes of at least 4 members (excludes halogenated alkanes) is 46. The van der Waals surface area contributed by atoms with Gasteiger partial charge in [-0.1, -0.05) is 321 Å². The van der Waals surface area contributed by atoms with Crippen LogP contribution in [0.3, 0.4) is 0 Å². The van der Waals surface area contributed by atoms with E-state index >= 15 is 0 Å². The molecule has 0 fully saturated rings. The van der Waals surface area contributed by atoms with Gasteiger partial charge in [0, 0.05) is 6.42 Å². The number of carbonyl (C=O) groups excluding carboxylic acids is 1. The van der Waals surface area contributed by atoms with Gasteiger partial charge in [-0.3, -0.25) is 13.8 Å². The van der Waals surface area contributed by atoms with Crippen LogP contribution in [0.4, 0.5) is 0 Å². The number of phosphoric acid groups is 1. The van der Waals surface area contributed by atoms with Gasteiger partial charge in [0.15, 0.2) is 0 Å². The summed E-state index contributed by atoms with van der Waals surface area (Å²) in [5.74, 6) is -0.179. The molecule has 3 atom stereocenters. The van der Waals surface area contributed by atoms with Crippen molar-refractivity contribution < 1.29 is 32.9 Å². The summed E-state index contributed by atoms with van der Waals surface area (Å²) >= 11 is 0. The Morgan fingerprint density at radius 2 is 0.743 bits per heavy atom. The average Bonchev–Trinajstić information content (AvgIpc) is 3.36. The van der Waals surface area contributed by atoms with Crippen molar-refractivity contribution in [3.63, 3.8) is 0 Å². The van der Waals surface area contributed by atoms with Crippen LogP contribution in [0.2, 0.25) is 0 Å². The molecule has 0 heterocycles. The number of aliphatic hydroxyl groups excluding tert-OH is 1. The molecule has 1 amide bonds. The Hall–Kier alpha value is -1.02. The van der Waals surface area contributed by atoms with Gasteiger partial charge in [-0.15, -0.1) is 0 Å². The van der Waals surface area contributed by atoms with Crippen molar-refractivity contribution in [2.24, 2.45) is 0 Å². The minimum absolute atomic E-state index is 0.0589. The zero-order valence-corrected chi connectivity index (χ0v) is 51.3. The minimum Gasteiger partial charge on any atom is -0.387 e. The summed E-state index contributed by atoms with van der Waals surface area (Å²) in [6.45, 7) is 4.85. The fourth-order valence-corrected chi connectivity index (χ4v) is 10.8. The molecule has 74 heavy (non-hydrogen) atoms. The first kappa shape index (κ1) is 73.0. The highest BCUT2D eigenvalue weighted by Crippen LogP contribution is 2.43. The summed E-state index contributed by atoms with van der Waals surface area (Å²) in [6.07, 6.45) is 73.2. The molecule has 440 valence electrons. The predicted molar refractivity (Wildman–Crippen MR) is 323 cm³/mol. The van der Waals surface area contributed by atoms with Gasteiger partial charge in [0.1, 0.15) is 13.2 Å². The molecule has 9 heteroatoms. The molecule has 0 aliphatic heterocycles. The van der Waals surface area contributed by atoms with Gasteiger partial charge in [0.05, 0.1) is 39.9 Å². The number of hydrogen-bond donors (Lipinski definition) is 3. The third kappa shape index (κ3) is 58.7. The second kappa shape index (κ2) is 56.7. The molecule has 0 saturated heterocycles. The van der Waals surface area contributed by atoms with Gasteiger partial charge < -0.3 is 19.8 Å². The second-order valence-corrected chi connectivity index (χ2v) is 25.3. The molecule has 0 radical (unpaired) electrons. The summed E-state index contributed by atoms with van der Waals surface area (Å²) < 4.78 is 23.8. The van der Waals surface area contributed by atoms with Crippen molar-refractivity contribution in [2.45, 2.75) is 347 Å². The van der Waals surface area contributed by atoms with Crippen molar-refractivity contribution >= 4 is 13.7 Å². The lowest BCUT2D eigenvalue weighted by atomic mass is 10.0. The average molecular weight is 1070 g/mol. The number of phosphoric ester groups is 1. The van der Waals surface area contributed by atoms with Crippen LogP contribution in [0.25, 0.3) is 0 Å². The molecule has 0 aromatic heterocycles. The number of nitrogens with zero attached hydrogens (tertiary/aromatic N) is 1. The topological polar surface area (TPSA) is 105 Å². The van der Waals surface area contributed by atoms with Crippen molar-refractivity contribution in [2.75, 3.05) is 40.9 Å². The minimum atomic E-state index is -4.36. The number of nitrogens with one attached hydrogen (secondary N) is 1. The van der Waals surface area contributed by atoms with E-state index in [1.807, 2.05) is 27.2 Å². The number of allylic oxidation sites excluding steroid dienone is 3. The monoisotopic (exact) mass is 1070 g/mol. The Bertz CT molecular complexity index is 1260. The summed E-state index contributed by atoms with van der Waals surface area (Å²) in [5.41, 5.74) is 0. The molecular formula is C65H130N2O6P+. The number of quaternary nitrogens is 1. The molecule has 0 aliphatic carbocycles. The lowest BCUT2D eigenvalue weighted by Gasteiger charge is -2.25. The number of aliphatic hydroxyl groups is 1. The van der Waals surface area contributed by atoms with Gasteiger partial charge in [0.2, 0.25) is 5.91 Å². The summed E-state index contributed by atoms with van der Waals surface area (Å²) in [7, 11) is 1.57. The maximum atomic E-state index is 13.0. The number of rotatable bonds is 61. The first-order chi connectivity index (χ1) is 36.0. The molecular weight excluding hydrogens is 936 g/mol. The molecule has 0 rings (SSSR count). The highest BCUT2D eigenvalue weighted by Gasteiger charge is 2.28. The zero-order valence-electron chi connectivity index (χ0n) is 50.4. The van der Waals surface area contributed by atoms with E-state index in [4.69, 9.17) is 9.05 Å². The van der Waals surface area contributed by atoms with Crippen LogP contribution in [0, 0.1) is 0 Å². The Morgan fingerprint density at radius 3 is 1.08 bits per heavy atom. The van der Waals surface area contributed by atoms with E-state index in [1.165, 1.54) is 276 Å². The molecule has 0 aromatic carbocycles. The van der Waals surface area contributed by atoms with E-state index in [0.717, 1.165) is 38.5 Å². The lowest BCUT2D eigenvalue weighted by molar-refractivity contribution is -0.870. The Morgan fingerprint density at radius 1 is 0.446 bits per heavy atom. The SMILES string of the molecule is CCCCCCCCCCCCCCCCC/C=C/CC/C=C/C(O)C(COP(=O)(O)OCC[N+](C)(C)C)NC(=O)CCCCCCCCCCCCCCCCCCCCCCCCCCCCCCCCC. The van der Waals surface area contributed by atoms with Crippen molar-refractivity contribution in [1.82, 2.24) is 5.32 Å². The van der Waals surface area contributed by atoms with Gasteiger partial charge in [-0.2, -0.15) is 0 Å². The Kier molecular flexibility index (Phi) is 55.9. The first-order valence-corrected chi connectivity index (χ1v) is 34.2. The fourth-order valence-electron chi connectivity index (χ4n) is 10.1. The maximum absolute atomic E-state index is 13.0. The smallest absolute Gasteiger partial charge is 0.387 e. The summed E-state index contributed by atoms with van der Waals surface area (Å²) in [6, 6.07) is -0.861. The highest BCUT2D eigenvalue weighted by molar-refractivity contribution is 7.47. The number of carbonyl (C=O) groups is 1. The van der Waals surface area contributed by atoms with E-state index < -0.39 is 20.0 Å². The van der Waals surface area contributed by atoms with Crippen LogP contribution in [0.5, 0.6) is 0 Å². The highest BCUT2D eigenvalue weighted by atomic mass is 31.2. The Labute approximate surface area is 462 Å². The number of hydrogen-bond acceptors (Lipinski definition) is 5. The zero-order chi connectivity index (χ0) is 54.2. The van der Waals surface area contributed by atoms with Crippen LogP contribution in [-0.2, 0) is 18.4 Å². The van der Waals surface area contributed by atoms with Gasteiger partial charge in [-0.25, -0.2) is 4.57 Å². The van der Waals surface area contributed by atoms with E-state index in [0.29, 0.717) is 17.4 Å². The number of amides is 1. The van der Waals surface area contributed by atoms with Crippen molar-refractivity contribution in [3.8, 4) is 0 Å². The molecule has 3 N–H and O–H groups in total. The maximum Gasteiger partial charge on any atom is 0.472 e. The normalized spacial score (nSPS) is 13.9. The van der Waals surface area contributed by atoms with E-state index in [9.17, 15) is 19.4 Å². The van der Waals surface area contributed by atoms with Crippen molar-refractivity contribution in [1.29, 1.82) is 0 Å². The van der Waals surface area contributed by atoms with Crippen LogP contribution in [-0.4, -0.2) is 73.4 Å². The summed E-state index contributed by atoms with van der Waals surface area (Å²) in [5, 5.41) is 14.0. The van der Waals surface area contributed by atoms with E-state index in [2.05, 4.69) is 31.3 Å². The van der Waals surface area contributed by atoms with E-state index in [-0.39, 0.29) is 19.1 Å². The first-order valence-electron chi connectivity index (χ1n) is 32.7. The third-order valence-corrected chi connectivity index (χ3v) is 16.2. The van der Waals surface area contributed by atoms with Gasteiger partial charge >= 0.3 is 7.82 Å². The van der Waals surface area contributed by atoms with Crippen LogP contribution < -0.4 is 5.32 Å². The molecule has 0 aromatic rings. The van der Waals surface area contributed by atoms with Crippen LogP contribution in [0.1, 0.15) is 335 Å². The molecule has 0 aliphatic rings. The van der Waals surface area contributed by atoms with E-state index in [1.54, 1.807) is 6.08 Å². The molecule has 0 spiro atoms. The van der Waals surface area contributed by atoms with Gasteiger partial charge in [0.25, 0.3) is 0 Å². The lowest BCUT2D eigenvalue weighted by Crippen LogP contribution is -2.45. The second-order valence-electron chi connectivity index (χ2n) is 23.8. The van der Waals surface area contributed by atoms with Crippen LogP contribution >= 0.6 is 7.82 Å². The molecule has 8 nitrogen and oxygen atoms in total. The quantitative estimate of drug-likeness (QED) is 0.0243. The summed E-state index contributed by atoms with van der Waals surface area (Å²) in [4.78, 5) is 23.4. The van der Waals surface area contributed by atoms with Crippen molar-refractivity contribution in [3.05, 3.63) is 24.3 Å². The third-order valence-electron chi connectivity index (χ3n) is 15.2. The largest absolute Gasteiger partial charge is 0.472 e. The number of likely N-dealkylation sites (N-methyl/N-ethyl adjacent to an activating group) is 1. The molecule has 0 saturated carbocycles. The van der Waals surface area contributed by atoms with Gasteiger partial charge in [-0.05, 0) is 32.1 Å². The Balaban J connectivity index is 4.07.